The van der Waals surface area contributed by atoms with Crippen molar-refractivity contribution in [1.82, 2.24) is 20.0 Å². The summed E-state index contributed by atoms with van der Waals surface area (Å²) in [6.45, 7) is 0.825. The zero-order valence-electron chi connectivity index (χ0n) is 18.1. The van der Waals surface area contributed by atoms with Crippen LogP contribution in [0.2, 0.25) is 0 Å². The first-order valence-corrected chi connectivity index (χ1v) is 11.2. The van der Waals surface area contributed by atoms with Gasteiger partial charge in [0.05, 0.1) is 24.3 Å². The second-order valence-electron chi connectivity index (χ2n) is 9.56. The van der Waals surface area contributed by atoms with Crippen molar-refractivity contribution in [3.63, 3.8) is 0 Å². The Morgan fingerprint density at radius 2 is 1.79 bits per heavy atom. The second kappa shape index (κ2) is 7.78. The van der Waals surface area contributed by atoms with Crippen LogP contribution in [0.1, 0.15) is 54.6 Å². The molecule has 3 saturated carbocycles. The van der Waals surface area contributed by atoms with Crippen LogP contribution >= 0.6 is 0 Å². The Kier molecular flexibility index (Phi) is 5.13. The van der Waals surface area contributed by atoms with Crippen molar-refractivity contribution >= 4 is 11.9 Å². The zero-order valence-corrected chi connectivity index (χ0v) is 18.1. The maximum Gasteiger partial charge on any atom is 0.315 e. The molecule has 4 aliphatic rings. The van der Waals surface area contributed by atoms with Crippen molar-refractivity contribution in [2.45, 2.75) is 63.6 Å². The van der Waals surface area contributed by atoms with Crippen LogP contribution < -0.4 is 11.1 Å². The summed E-state index contributed by atoms with van der Waals surface area (Å²) in [7, 11) is 0. The predicted molar refractivity (Wildman–Crippen MR) is 114 cm³/mol. The molecule has 3 aliphatic carbocycles. The zero-order chi connectivity index (χ0) is 23.4. The number of carbonyl (C=O) groups is 2. The first-order chi connectivity index (χ1) is 15.7. The van der Waals surface area contributed by atoms with Gasteiger partial charge < -0.3 is 16.0 Å². The Labute approximate surface area is 189 Å². The first kappa shape index (κ1) is 21.8. The third-order valence-corrected chi connectivity index (χ3v) is 7.76. The molecule has 2 bridgehead atoms. The molecule has 10 heteroatoms. The third kappa shape index (κ3) is 3.65. The van der Waals surface area contributed by atoms with Crippen molar-refractivity contribution in [3.05, 3.63) is 41.3 Å². The topological polar surface area (TPSA) is 93.2 Å². The predicted octanol–water partition coefficient (Wildman–Crippen LogP) is 3.67. The van der Waals surface area contributed by atoms with E-state index in [1.165, 1.54) is 17.0 Å². The molecular formula is C23H26F3N5O2. The van der Waals surface area contributed by atoms with Crippen LogP contribution in [-0.4, -0.2) is 45.1 Å². The largest absolute Gasteiger partial charge is 0.351 e. The van der Waals surface area contributed by atoms with E-state index < -0.39 is 29.2 Å². The fourth-order valence-electron chi connectivity index (χ4n) is 5.62. The molecule has 1 aliphatic heterocycles. The van der Waals surface area contributed by atoms with Crippen molar-refractivity contribution in [2.75, 3.05) is 6.54 Å². The van der Waals surface area contributed by atoms with Crippen LogP contribution in [-0.2, 0) is 13.1 Å². The number of nitrogens with two attached hydrogens (primary N) is 1. The quantitative estimate of drug-likeness (QED) is 0.728. The minimum absolute atomic E-state index is 0.113. The lowest BCUT2D eigenvalue weighted by atomic mass is 9.57. The number of carbonyl (C=O) groups excluding carboxylic acids is 2. The summed E-state index contributed by atoms with van der Waals surface area (Å²) in [6, 6.07) is 5.25. The van der Waals surface area contributed by atoms with Crippen molar-refractivity contribution < 1.29 is 22.8 Å². The van der Waals surface area contributed by atoms with Crippen LogP contribution in [0.3, 0.4) is 0 Å². The van der Waals surface area contributed by atoms with E-state index >= 15 is 0 Å². The first-order valence-electron chi connectivity index (χ1n) is 11.2. The normalized spacial score (nSPS) is 26.4. The number of hydrogen-bond donors (Lipinski definition) is 2. The van der Waals surface area contributed by atoms with Gasteiger partial charge in [0, 0.05) is 23.1 Å². The number of aromatic nitrogens is 2. The number of benzene rings is 1. The number of hydrogen-bond acceptors (Lipinski definition) is 3. The molecule has 7 nitrogen and oxygen atoms in total. The van der Waals surface area contributed by atoms with Gasteiger partial charge in [0.1, 0.15) is 11.5 Å². The highest BCUT2D eigenvalue weighted by Crippen LogP contribution is 2.55. The molecule has 2 heterocycles. The van der Waals surface area contributed by atoms with E-state index in [4.69, 9.17) is 5.73 Å². The van der Waals surface area contributed by atoms with Crippen LogP contribution in [0.5, 0.6) is 0 Å². The number of halogens is 3. The van der Waals surface area contributed by atoms with E-state index in [-0.39, 0.29) is 18.0 Å². The van der Waals surface area contributed by atoms with Gasteiger partial charge in [0.25, 0.3) is 5.91 Å². The van der Waals surface area contributed by atoms with Gasteiger partial charge in [0.15, 0.2) is 0 Å². The van der Waals surface area contributed by atoms with E-state index in [1.807, 2.05) is 0 Å². The van der Waals surface area contributed by atoms with Gasteiger partial charge in [-0.05, 0) is 50.7 Å². The fraction of sp³-hybridized carbons (Fsp3) is 0.522. The Morgan fingerprint density at radius 3 is 2.39 bits per heavy atom. The van der Waals surface area contributed by atoms with Crippen molar-refractivity contribution in [2.24, 2.45) is 11.1 Å². The van der Waals surface area contributed by atoms with Crippen LogP contribution in [0.15, 0.2) is 24.3 Å². The minimum Gasteiger partial charge on any atom is -0.351 e. The lowest BCUT2D eigenvalue weighted by Crippen LogP contribution is -2.58. The molecule has 1 aromatic heterocycles. The van der Waals surface area contributed by atoms with E-state index in [9.17, 15) is 22.8 Å². The highest BCUT2D eigenvalue weighted by Gasteiger charge is 2.53. The molecular weight excluding hydrogens is 435 g/mol. The number of urea groups is 1. The standard InChI is InChI=1S/C23H26F3N5O2/c24-15-3-1-2-14(12-15)18-17(16-13-30(21(27)33)10-11-31(16)29-18)19(32)28-23-7-4-22(5-8-23,6-9-23)20(25)26/h1-3,12,20H,4-11,13H2,(H2,27,33)(H,28,32). The van der Waals surface area contributed by atoms with Gasteiger partial charge in [0.2, 0.25) is 6.43 Å². The van der Waals surface area contributed by atoms with E-state index in [0.29, 0.717) is 68.6 Å². The second-order valence-corrected chi connectivity index (χ2v) is 9.56. The van der Waals surface area contributed by atoms with E-state index in [2.05, 4.69) is 10.4 Å². The van der Waals surface area contributed by atoms with Gasteiger partial charge in [-0.3, -0.25) is 9.48 Å². The SMILES string of the molecule is NC(=O)N1CCn2nc(-c3cccc(F)c3)c(C(=O)NC34CCC(C(F)F)(CC3)CC4)c2C1. The Balaban J connectivity index is 1.50. The summed E-state index contributed by atoms with van der Waals surface area (Å²) in [5, 5.41) is 7.71. The maximum absolute atomic E-state index is 14.0. The summed E-state index contributed by atoms with van der Waals surface area (Å²) in [4.78, 5) is 26.9. The van der Waals surface area contributed by atoms with E-state index in [1.54, 1.807) is 16.8 Å². The molecule has 0 saturated heterocycles. The minimum atomic E-state index is -2.35. The number of fused-ring (bicyclic) bond motifs is 4. The van der Waals surface area contributed by atoms with Gasteiger partial charge in [-0.2, -0.15) is 5.10 Å². The lowest BCUT2D eigenvalue weighted by Gasteiger charge is -2.53. The maximum atomic E-state index is 14.0. The molecule has 0 unspecified atom stereocenters. The number of rotatable bonds is 4. The van der Waals surface area contributed by atoms with Crippen LogP contribution in [0.25, 0.3) is 11.3 Å². The molecule has 33 heavy (non-hydrogen) atoms. The average molecular weight is 461 g/mol. The molecule has 0 atom stereocenters. The number of nitrogens with zero attached hydrogens (tertiary/aromatic N) is 3. The van der Waals surface area contributed by atoms with Crippen molar-refractivity contribution in [3.8, 4) is 11.3 Å². The smallest absolute Gasteiger partial charge is 0.315 e. The summed E-state index contributed by atoms with van der Waals surface area (Å²) < 4.78 is 42.8. The molecule has 6 rings (SSSR count). The lowest BCUT2D eigenvalue weighted by molar-refractivity contribution is -0.0872. The van der Waals surface area contributed by atoms with Gasteiger partial charge >= 0.3 is 6.03 Å². The average Bonchev–Trinajstić information content (AvgIpc) is 3.19. The molecule has 176 valence electrons. The fourth-order valence-corrected chi connectivity index (χ4v) is 5.62. The summed E-state index contributed by atoms with van der Waals surface area (Å²) >= 11 is 0. The number of amides is 3. The molecule has 1 aromatic carbocycles. The van der Waals surface area contributed by atoms with Crippen molar-refractivity contribution in [1.29, 1.82) is 0 Å². The van der Waals surface area contributed by atoms with Gasteiger partial charge in [-0.25, -0.2) is 18.0 Å². The Morgan fingerprint density at radius 1 is 1.09 bits per heavy atom. The monoisotopic (exact) mass is 461 g/mol. The van der Waals surface area contributed by atoms with Crippen LogP contribution in [0.4, 0.5) is 18.0 Å². The number of nitrogens with one attached hydrogen (secondary N) is 1. The Hall–Kier alpha value is -3.04. The van der Waals surface area contributed by atoms with E-state index in [0.717, 1.165) is 0 Å². The van der Waals surface area contributed by atoms with Gasteiger partial charge in [-0.1, -0.05) is 12.1 Å². The van der Waals surface area contributed by atoms with Gasteiger partial charge in [-0.15, -0.1) is 0 Å². The molecule has 0 spiro atoms. The molecule has 2 aromatic rings. The third-order valence-electron chi connectivity index (χ3n) is 7.76. The van der Waals surface area contributed by atoms with Crippen LogP contribution in [0, 0.1) is 11.2 Å². The summed E-state index contributed by atoms with van der Waals surface area (Å²) in [5.41, 5.74) is 5.58. The summed E-state index contributed by atoms with van der Waals surface area (Å²) in [5.74, 6) is -0.835. The molecule has 0 radical (unpaired) electrons. The number of primary amides is 1. The summed E-state index contributed by atoms with van der Waals surface area (Å²) in [6.07, 6.45) is 0.267. The molecule has 3 amide bonds. The highest BCUT2D eigenvalue weighted by atomic mass is 19.3. The Bertz CT molecular complexity index is 1090. The molecule has 3 N–H and O–H groups in total. The molecule has 3 fully saturated rings. The highest BCUT2D eigenvalue weighted by molar-refractivity contribution is 6.01. The number of alkyl halides is 2.